The minimum atomic E-state index is -4.50. The molecule has 0 spiro atoms. The Morgan fingerprint density at radius 1 is 1.24 bits per heavy atom. The number of ether oxygens (including phenoxy) is 1. The first-order valence-corrected chi connectivity index (χ1v) is 8.52. The monoisotopic (exact) mass is 358 g/mol. The molecule has 2 rings (SSSR count). The summed E-state index contributed by atoms with van der Waals surface area (Å²) in [6.07, 6.45) is -1.46. The molecule has 0 bridgehead atoms. The zero-order valence-corrected chi connectivity index (χ0v) is 14.8. The largest absolute Gasteiger partial charge is 0.494 e. The zero-order valence-electron chi connectivity index (χ0n) is 14.8. The number of hydrogen-bond acceptors (Lipinski definition) is 3. The molecule has 1 aliphatic heterocycles. The van der Waals surface area contributed by atoms with Gasteiger partial charge in [-0.2, -0.15) is 13.2 Å². The number of nitrogens with one attached hydrogen (secondary N) is 1. The van der Waals surface area contributed by atoms with Crippen molar-refractivity contribution in [3.05, 3.63) is 29.8 Å². The van der Waals surface area contributed by atoms with Gasteiger partial charge in [-0.05, 0) is 38.0 Å². The highest BCUT2D eigenvalue weighted by atomic mass is 19.4. The summed E-state index contributed by atoms with van der Waals surface area (Å²) < 4.78 is 46.3. The molecule has 4 nitrogen and oxygen atoms in total. The minimum absolute atomic E-state index is 0.00865. The second-order valence-electron chi connectivity index (χ2n) is 7.02. The van der Waals surface area contributed by atoms with Crippen LogP contribution < -0.4 is 10.2 Å². The Morgan fingerprint density at radius 3 is 2.36 bits per heavy atom. The van der Waals surface area contributed by atoms with Gasteiger partial charge in [0, 0.05) is 6.54 Å². The van der Waals surface area contributed by atoms with Crippen LogP contribution in [0.4, 0.5) is 13.2 Å². The quantitative estimate of drug-likeness (QED) is 0.742. The second kappa shape index (κ2) is 7.64. The molecular weight excluding hydrogens is 333 g/mol. The van der Waals surface area contributed by atoms with Crippen molar-refractivity contribution >= 4 is 5.91 Å². The van der Waals surface area contributed by atoms with Gasteiger partial charge in [0.2, 0.25) is 5.91 Å². The van der Waals surface area contributed by atoms with Gasteiger partial charge >= 0.3 is 6.18 Å². The first kappa shape index (κ1) is 19.6. The van der Waals surface area contributed by atoms with Gasteiger partial charge < -0.3 is 4.74 Å². The molecule has 1 aliphatic rings. The van der Waals surface area contributed by atoms with Crippen molar-refractivity contribution in [3.63, 3.8) is 0 Å². The van der Waals surface area contributed by atoms with E-state index in [4.69, 9.17) is 4.74 Å². The van der Waals surface area contributed by atoms with Crippen molar-refractivity contribution in [2.75, 3.05) is 13.2 Å². The molecule has 1 aromatic carbocycles. The van der Waals surface area contributed by atoms with Gasteiger partial charge in [0.05, 0.1) is 12.0 Å². The molecule has 0 aromatic heterocycles. The Bertz CT molecular complexity index is 585. The summed E-state index contributed by atoms with van der Waals surface area (Å²) >= 11 is 0. The van der Waals surface area contributed by atoms with E-state index in [1.807, 2.05) is 0 Å². The lowest BCUT2D eigenvalue weighted by Crippen LogP contribution is -2.43. The summed E-state index contributed by atoms with van der Waals surface area (Å²) in [5.74, 6) is 0.143. The van der Waals surface area contributed by atoms with E-state index in [0.717, 1.165) is 24.3 Å². The molecule has 25 heavy (non-hydrogen) atoms. The molecule has 1 atom stereocenters. The van der Waals surface area contributed by atoms with Crippen molar-refractivity contribution in [2.24, 2.45) is 5.41 Å². The summed E-state index contributed by atoms with van der Waals surface area (Å²) in [4.78, 5) is 11.9. The molecule has 1 saturated heterocycles. The molecule has 1 aromatic rings. The van der Waals surface area contributed by atoms with E-state index in [9.17, 15) is 18.0 Å². The summed E-state index contributed by atoms with van der Waals surface area (Å²) in [6.45, 7) is 5.88. The predicted octanol–water partition coefficient (Wildman–Crippen LogP) is 4.23. The number of rotatable bonds is 7. The van der Waals surface area contributed by atoms with Crippen molar-refractivity contribution < 1.29 is 22.7 Å². The number of alkyl halides is 3. The van der Waals surface area contributed by atoms with E-state index >= 15 is 0 Å². The van der Waals surface area contributed by atoms with Crippen LogP contribution in [0, 0.1) is 5.41 Å². The van der Waals surface area contributed by atoms with Gasteiger partial charge in [-0.1, -0.05) is 31.9 Å². The molecular formula is C18H25F3N2O2. The summed E-state index contributed by atoms with van der Waals surface area (Å²) in [6, 6.07) is 4.02. The summed E-state index contributed by atoms with van der Waals surface area (Å²) in [5, 5.41) is 0.972. The molecule has 0 unspecified atom stereocenters. The average Bonchev–Trinajstić information content (AvgIpc) is 2.77. The van der Waals surface area contributed by atoms with Gasteiger partial charge in [-0.3, -0.25) is 10.2 Å². The lowest BCUT2D eigenvalue weighted by atomic mass is 9.93. The van der Waals surface area contributed by atoms with E-state index in [1.54, 1.807) is 26.0 Å². The van der Waals surface area contributed by atoms with Crippen LogP contribution in [0.1, 0.15) is 51.6 Å². The number of benzene rings is 1. The lowest BCUT2D eigenvalue weighted by molar-refractivity contribution is -0.191. The summed E-state index contributed by atoms with van der Waals surface area (Å²) in [5.41, 5.74) is 1.58. The Balaban J connectivity index is 2.13. The fourth-order valence-corrected chi connectivity index (χ4v) is 2.81. The maximum absolute atomic E-state index is 13.6. The third-order valence-corrected chi connectivity index (χ3v) is 4.26. The van der Waals surface area contributed by atoms with Crippen LogP contribution in [0.15, 0.2) is 24.3 Å². The molecule has 0 aliphatic carbocycles. The van der Waals surface area contributed by atoms with Crippen molar-refractivity contribution in [3.8, 4) is 5.75 Å². The van der Waals surface area contributed by atoms with Crippen LogP contribution in [-0.2, 0) is 4.79 Å². The van der Waals surface area contributed by atoms with Crippen molar-refractivity contribution in [1.82, 2.24) is 10.4 Å². The highest BCUT2D eigenvalue weighted by Gasteiger charge is 2.51. The number of hydrogen-bond donors (Lipinski definition) is 1. The number of hydrazine groups is 1. The first-order chi connectivity index (χ1) is 11.6. The Labute approximate surface area is 146 Å². The standard InChI is InChI=1S/C18H25F3N2O2/c1-4-5-6-11-25-14-9-7-13(8-10-14)15(18(19,20)21)23-12-17(2,3)16(24)22-23/h7-10,15H,4-6,11-12H2,1-3H3,(H,22,24)/t15-/m0/s1. The van der Waals surface area contributed by atoms with Crippen molar-refractivity contribution in [2.45, 2.75) is 52.3 Å². The molecule has 1 fully saturated rings. The van der Waals surface area contributed by atoms with Crippen LogP contribution in [0.3, 0.4) is 0 Å². The van der Waals surface area contributed by atoms with E-state index in [-0.39, 0.29) is 12.1 Å². The minimum Gasteiger partial charge on any atom is -0.494 e. The topological polar surface area (TPSA) is 41.6 Å². The van der Waals surface area contributed by atoms with E-state index in [0.29, 0.717) is 12.4 Å². The van der Waals surface area contributed by atoms with Crippen molar-refractivity contribution in [1.29, 1.82) is 0 Å². The van der Waals surface area contributed by atoms with E-state index in [1.165, 1.54) is 12.1 Å². The van der Waals surface area contributed by atoms with Crippen LogP contribution >= 0.6 is 0 Å². The number of carbonyl (C=O) groups is 1. The molecule has 0 radical (unpaired) electrons. The van der Waals surface area contributed by atoms with Gasteiger partial charge in [0.1, 0.15) is 11.8 Å². The molecule has 1 N–H and O–H groups in total. The maximum atomic E-state index is 13.6. The molecule has 0 saturated carbocycles. The SMILES string of the molecule is CCCCCOc1ccc([C@H](N2CC(C)(C)C(=O)N2)C(F)(F)F)cc1. The van der Waals surface area contributed by atoms with E-state index < -0.39 is 23.5 Å². The van der Waals surface area contributed by atoms with Crippen LogP contribution in [0.2, 0.25) is 0 Å². The number of nitrogens with zero attached hydrogens (tertiary/aromatic N) is 1. The molecule has 140 valence electrons. The van der Waals surface area contributed by atoms with Gasteiger partial charge in [0.25, 0.3) is 0 Å². The third kappa shape index (κ3) is 4.87. The smallest absolute Gasteiger partial charge is 0.409 e. The van der Waals surface area contributed by atoms with E-state index in [2.05, 4.69) is 12.3 Å². The Hall–Kier alpha value is -1.76. The number of unbranched alkanes of at least 4 members (excludes halogenated alkanes) is 2. The fraction of sp³-hybridized carbons (Fsp3) is 0.611. The highest BCUT2D eigenvalue weighted by molar-refractivity contribution is 5.83. The predicted molar refractivity (Wildman–Crippen MR) is 88.9 cm³/mol. The summed E-state index contributed by atoms with van der Waals surface area (Å²) in [7, 11) is 0. The Kier molecular flexibility index (Phi) is 5.98. The highest BCUT2D eigenvalue weighted by Crippen LogP contribution is 2.40. The van der Waals surface area contributed by atoms with Crippen LogP contribution in [0.5, 0.6) is 5.75 Å². The second-order valence-corrected chi connectivity index (χ2v) is 7.02. The average molecular weight is 358 g/mol. The molecule has 1 heterocycles. The number of carbonyl (C=O) groups excluding carboxylic acids is 1. The van der Waals surface area contributed by atoms with Crippen LogP contribution in [-0.4, -0.2) is 30.2 Å². The third-order valence-electron chi connectivity index (χ3n) is 4.26. The molecule has 7 heteroatoms. The normalized spacial score (nSPS) is 18.9. The van der Waals surface area contributed by atoms with Crippen LogP contribution in [0.25, 0.3) is 0 Å². The van der Waals surface area contributed by atoms with Gasteiger partial charge in [0.15, 0.2) is 0 Å². The van der Waals surface area contributed by atoms with Gasteiger partial charge in [-0.15, -0.1) is 0 Å². The fourth-order valence-electron chi connectivity index (χ4n) is 2.81. The lowest BCUT2D eigenvalue weighted by Gasteiger charge is -2.29. The molecule has 1 amide bonds. The number of amides is 1. The first-order valence-electron chi connectivity index (χ1n) is 8.52. The maximum Gasteiger partial charge on any atom is 0.409 e. The Morgan fingerprint density at radius 2 is 1.88 bits per heavy atom. The zero-order chi connectivity index (χ0) is 18.7. The van der Waals surface area contributed by atoms with Gasteiger partial charge in [-0.25, -0.2) is 5.01 Å². The number of halogens is 3.